The highest BCUT2D eigenvalue weighted by molar-refractivity contribution is 7.89. The number of ether oxygens (including phenoxy) is 1. The summed E-state index contributed by atoms with van der Waals surface area (Å²) in [5.74, 6) is 0. The lowest BCUT2D eigenvalue weighted by Crippen LogP contribution is -2.48. The predicted molar refractivity (Wildman–Crippen MR) is 75.2 cm³/mol. The van der Waals surface area contributed by atoms with Gasteiger partial charge in [-0.15, -0.1) is 0 Å². The van der Waals surface area contributed by atoms with Crippen molar-refractivity contribution in [2.24, 2.45) is 0 Å². The molecule has 0 aliphatic carbocycles. The summed E-state index contributed by atoms with van der Waals surface area (Å²) >= 11 is 11.7. The monoisotopic (exact) mass is 323 g/mol. The van der Waals surface area contributed by atoms with Crippen LogP contribution in [0.3, 0.4) is 0 Å². The molecule has 0 radical (unpaired) electrons. The molecule has 19 heavy (non-hydrogen) atoms. The summed E-state index contributed by atoms with van der Waals surface area (Å²) in [6.45, 7) is 4.39. The normalized spacial score (nSPS) is 25.5. The minimum atomic E-state index is -3.56. The van der Waals surface area contributed by atoms with Crippen LogP contribution in [0.1, 0.15) is 13.8 Å². The van der Waals surface area contributed by atoms with Crippen LogP contribution in [-0.2, 0) is 14.8 Å². The Hall–Kier alpha value is -0.330. The Morgan fingerprint density at radius 3 is 2.26 bits per heavy atom. The van der Waals surface area contributed by atoms with Crippen LogP contribution in [0.25, 0.3) is 0 Å². The maximum Gasteiger partial charge on any atom is 0.243 e. The number of benzene rings is 1. The van der Waals surface area contributed by atoms with Crippen LogP contribution in [0.5, 0.6) is 0 Å². The van der Waals surface area contributed by atoms with Gasteiger partial charge in [0.1, 0.15) is 0 Å². The van der Waals surface area contributed by atoms with E-state index in [-0.39, 0.29) is 22.1 Å². The third kappa shape index (κ3) is 3.23. The molecule has 106 valence electrons. The van der Waals surface area contributed by atoms with Crippen LogP contribution in [0.4, 0.5) is 0 Å². The first kappa shape index (κ1) is 15.1. The van der Waals surface area contributed by atoms with Crippen molar-refractivity contribution in [2.75, 3.05) is 13.1 Å². The molecule has 4 nitrogen and oxygen atoms in total. The van der Waals surface area contributed by atoms with Crippen LogP contribution >= 0.6 is 23.2 Å². The first-order valence-electron chi connectivity index (χ1n) is 5.91. The number of morpholine rings is 1. The zero-order valence-corrected chi connectivity index (χ0v) is 13.0. The molecular formula is C12H15Cl2NO3S. The van der Waals surface area contributed by atoms with Crippen molar-refractivity contribution in [3.05, 3.63) is 28.2 Å². The fourth-order valence-corrected chi connectivity index (χ4v) is 4.09. The van der Waals surface area contributed by atoms with Gasteiger partial charge in [0.15, 0.2) is 0 Å². The summed E-state index contributed by atoms with van der Waals surface area (Å²) in [4.78, 5) is 0.156. The van der Waals surface area contributed by atoms with E-state index in [9.17, 15) is 8.42 Å². The third-order valence-electron chi connectivity index (χ3n) is 2.91. The van der Waals surface area contributed by atoms with Gasteiger partial charge in [0.25, 0.3) is 0 Å². The summed E-state index contributed by atoms with van der Waals surface area (Å²) in [6.07, 6.45) is -0.248. The predicted octanol–water partition coefficient (Wildman–Crippen LogP) is 2.79. The summed E-state index contributed by atoms with van der Waals surface area (Å²) in [7, 11) is -3.56. The molecule has 1 aliphatic rings. The molecule has 1 aliphatic heterocycles. The lowest BCUT2D eigenvalue weighted by Gasteiger charge is -2.34. The molecular weight excluding hydrogens is 309 g/mol. The van der Waals surface area contributed by atoms with Crippen molar-refractivity contribution in [1.82, 2.24) is 4.31 Å². The Balaban J connectivity index is 2.33. The number of hydrogen-bond donors (Lipinski definition) is 0. The van der Waals surface area contributed by atoms with Crippen LogP contribution < -0.4 is 0 Å². The Bertz CT molecular complexity index is 566. The smallest absolute Gasteiger partial charge is 0.243 e. The zero-order chi connectivity index (χ0) is 14.2. The molecule has 1 saturated heterocycles. The van der Waals surface area contributed by atoms with E-state index < -0.39 is 10.0 Å². The highest BCUT2D eigenvalue weighted by atomic mass is 35.5. The first-order valence-corrected chi connectivity index (χ1v) is 8.11. The second kappa shape index (κ2) is 5.58. The molecule has 0 amide bonds. The summed E-state index contributed by atoms with van der Waals surface area (Å²) in [5, 5.41) is 0.571. The van der Waals surface area contributed by atoms with E-state index in [1.54, 1.807) is 0 Å². The molecule has 0 N–H and O–H groups in total. The average Bonchev–Trinajstić information content (AvgIpc) is 2.31. The number of hydrogen-bond acceptors (Lipinski definition) is 3. The third-order valence-corrected chi connectivity index (χ3v) is 5.48. The van der Waals surface area contributed by atoms with Gasteiger partial charge in [-0.3, -0.25) is 0 Å². The average molecular weight is 324 g/mol. The molecule has 2 atom stereocenters. The van der Waals surface area contributed by atoms with Crippen LogP contribution in [0.15, 0.2) is 23.1 Å². The summed E-state index contributed by atoms with van der Waals surface area (Å²) in [5.41, 5.74) is 0. The fraction of sp³-hybridized carbons (Fsp3) is 0.500. The maximum absolute atomic E-state index is 12.5. The van der Waals surface area contributed by atoms with Crippen LogP contribution in [0, 0.1) is 0 Å². The van der Waals surface area contributed by atoms with Crippen LogP contribution in [-0.4, -0.2) is 38.0 Å². The summed E-state index contributed by atoms with van der Waals surface area (Å²) in [6, 6.07) is 4.34. The standard InChI is InChI=1S/C12H15Cl2NO3S/c1-8-6-15(7-9(2)18-8)19(16,17)10-3-4-11(13)12(14)5-10/h3-5,8-9H,6-7H2,1-2H3/t8-,9-/m1/s1. The molecule has 1 heterocycles. The Morgan fingerprint density at radius 1 is 1.16 bits per heavy atom. The van der Waals surface area contributed by atoms with Gasteiger partial charge in [0, 0.05) is 13.1 Å². The van der Waals surface area contributed by atoms with Gasteiger partial charge in [0.05, 0.1) is 27.1 Å². The largest absolute Gasteiger partial charge is 0.373 e. The molecule has 0 aromatic heterocycles. The minimum absolute atomic E-state index is 0.124. The van der Waals surface area contributed by atoms with Crippen LogP contribution in [0.2, 0.25) is 10.0 Å². The highest BCUT2D eigenvalue weighted by Crippen LogP contribution is 2.27. The van der Waals surface area contributed by atoms with Gasteiger partial charge in [0.2, 0.25) is 10.0 Å². The number of nitrogens with zero attached hydrogens (tertiary/aromatic N) is 1. The van der Waals surface area contributed by atoms with E-state index in [2.05, 4.69) is 0 Å². The lowest BCUT2D eigenvalue weighted by molar-refractivity contribution is -0.0440. The van der Waals surface area contributed by atoms with E-state index in [0.717, 1.165) is 0 Å². The fourth-order valence-electron chi connectivity index (χ4n) is 2.11. The lowest BCUT2D eigenvalue weighted by atomic mass is 10.3. The number of halogens is 2. The molecule has 2 rings (SSSR count). The van der Waals surface area contributed by atoms with Crippen molar-refractivity contribution < 1.29 is 13.2 Å². The quantitative estimate of drug-likeness (QED) is 0.840. The second-order valence-corrected chi connectivity index (χ2v) is 7.41. The number of sulfonamides is 1. The van der Waals surface area contributed by atoms with Crippen molar-refractivity contribution >= 4 is 33.2 Å². The van der Waals surface area contributed by atoms with E-state index in [4.69, 9.17) is 27.9 Å². The number of rotatable bonds is 2. The Morgan fingerprint density at radius 2 is 1.74 bits per heavy atom. The molecule has 0 bridgehead atoms. The molecule has 7 heteroatoms. The molecule has 0 saturated carbocycles. The van der Waals surface area contributed by atoms with E-state index >= 15 is 0 Å². The van der Waals surface area contributed by atoms with E-state index in [1.165, 1.54) is 22.5 Å². The molecule has 0 spiro atoms. The molecule has 1 aromatic carbocycles. The molecule has 1 aromatic rings. The van der Waals surface area contributed by atoms with Gasteiger partial charge >= 0.3 is 0 Å². The first-order chi connectivity index (χ1) is 8.80. The minimum Gasteiger partial charge on any atom is -0.373 e. The van der Waals surface area contributed by atoms with Gasteiger partial charge in [-0.1, -0.05) is 23.2 Å². The Kier molecular flexibility index (Phi) is 4.42. The van der Waals surface area contributed by atoms with Crippen molar-refractivity contribution in [3.63, 3.8) is 0 Å². The van der Waals surface area contributed by atoms with Gasteiger partial charge in [-0.25, -0.2) is 8.42 Å². The van der Waals surface area contributed by atoms with Gasteiger partial charge in [-0.05, 0) is 32.0 Å². The Labute approximate surface area is 123 Å². The summed E-state index contributed by atoms with van der Waals surface area (Å²) < 4.78 is 32.0. The van der Waals surface area contributed by atoms with Gasteiger partial charge in [-0.2, -0.15) is 4.31 Å². The maximum atomic E-state index is 12.5. The highest BCUT2D eigenvalue weighted by Gasteiger charge is 2.32. The molecule has 1 fully saturated rings. The zero-order valence-electron chi connectivity index (χ0n) is 10.6. The topological polar surface area (TPSA) is 46.6 Å². The second-order valence-electron chi connectivity index (χ2n) is 4.66. The SMILES string of the molecule is C[C@@H]1CN(S(=O)(=O)c2ccc(Cl)c(Cl)c2)C[C@@H](C)O1. The van der Waals surface area contributed by atoms with Crippen molar-refractivity contribution in [2.45, 2.75) is 31.0 Å². The van der Waals surface area contributed by atoms with Crippen molar-refractivity contribution in [3.8, 4) is 0 Å². The van der Waals surface area contributed by atoms with Crippen molar-refractivity contribution in [1.29, 1.82) is 0 Å². The molecule has 0 unspecified atom stereocenters. The van der Waals surface area contributed by atoms with E-state index in [1.807, 2.05) is 13.8 Å². The van der Waals surface area contributed by atoms with E-state index in [0.29, 0.717) is 18.1 Å². The van der Waals surface area contributed by atoms with Gasteiger partial charge < -0.3 is 4.74 Å².